The monoisotopic (exact) mass is 258 g/mol. The van der Waals surface area contributed by atoms with Crippen LogP contribution in [0.3, 0.4) is 0 Å². The molecule has 0 saturated carbocycles. The quantitative estimate of drug-likeness (QED) is 0.603. The number of hydrogen-bond donors (Lipinski definition) is 0. The molecule has 0 fully saturated rings. The Morgan fingerprint density at radius 3 is 2.35 bits per heavy atom. The van der Waals surface area contributed by atoms with Crippen LogP contribution in [-0.4, -0.2) is 33.2 Å². The molecule has 0 aliphatic carbocycles. The molecule has 17 heavy (non-hydrogen) atoms. The van der Waals surface area contributed by atoms with Crippen molar-refractivity contribution < 1.29 is 13.3 Å². The zero-order valence-electron chi connectivity index (χ0n) is 9.87. The van der Waals surface area contributed by atoms with Crippen LogP contribution in [0.15, 0.2) is 23.1 Å². The Balaban J connectivity index is 3.48. The Kier molecular flexibility index (Phi) is 3.72. The van der Waals surface area contributed by atoms with Gasteiger partial charge in [0.15, 0.2) is 9.84 Å². The van der Waals surface area contributed by atoms with Gasteiger partial charge in [0.2, 0.25) is 0 Å². The van der Waals surface area contributed by atoms with Crippen molar-refractivity contribution in [1.29, 1.82) is 0 Å². The van der Waals surface area contributed by atoms with Crippen LogP contribution in [0.2, 0.25) is 0 Å². The minimum Gasteiger partial charge on any atom is -0.376 e. The second kappa shape index (κ2) is 4.70. The zero-order valence-corrected chi connectivity index (χ0v) is 10.7. The van der Waals surface area contributed by atoms with Gasteiger partial charge in [-0.05, 0) is 6.07 Å². The highest BCUT2D eigenvalue weighted by Gasteiger charge is 2.20. The molecule has 1 aromatic rings. The molecule has 0 aromatic heterocycles. The van der Waals surface area contributed by atoms with E-state index in [1.54, 1.807) is 19.0 Å². The summed E-state index contributed by atoms with van der Waals surface area (Å²) in [5.41, 5.74) is 0.213. The Labute approximate surface area is 99.9 Å². The van der Waals surface area contributed by atoms with Crippen molar-refractivity contribution in [2.75, 3.05) is 24.7 Å². The molecule has 0 N–H and O–H groups in total. The molecule has 0 aliphatic rings. The Bertz CT molecular complexity index is 537. The molecule has 0 unspecified atom stereocenters. The van der Waals surface area contributed by atoms with E-state index in [0.29, 0.717) is 5.69 Å². The van der Waals surface area contributed by atoms with E-state index < -0.39 is 14.8 Å². The molecule has 0 bridgehead atoms. The third-order valence-electron chi connectivity index (χ3n) is 2.35. The maximum atomic E-state index is 11.8. The van der Waals surface area contributed by atoms with Gasteiger partial charge in [0.1, 0.15) is 0 Å². The summed E-state index contributed by atoms with van der Waals surface area (Å²) in [4.78, 5) is 11.8. The second-order valence-corrected chi connectivity index (χ2v) is 5.95. The first-order chi connectivity index (χ1) is 7.79. The van der Waals surface area contributed by atoms with Crippen molar-refractivity contribution in [3.05, 3.63) is 28.3 Å². The summed E-state index contributed by atoms with van der Waals surface area (Å²) in [5, 5.41) is 10.6. The predicted molar refractivity (Wildman–Crippen MR) is 65.2 cm³/mol. The van der Waals surface area contributed by atoms with Gasteiger partial charge >= 0.3 is 0 Å². The van der Waals surface area contributed by atoms with E-state index >= 15 is 0 Å². The van der Waals surface area contributed by atoms with Gasteiger partial charge < -0.3 is 4.90 Å². The molecular weight excluding hydrogens is 244 g/mol. The van der Waals surface area contributed by atoms with E-state index in [9.17, 15) is 18.5 Å². The molecule has 0 radical (unpaired) electrons. The Morgan fingerprint density at radius 2 is 1.94 bits per heavy atom. The molecule has 7 heteroatoms. The van der Waals surface area contributed by atoms with Gasteiger partial charge in [-0.15, -0.1) is 0 Å². The molecule has 94 valence electrons. The first-order valence-electron chi connectivity index (χ1n) is 4.98. The fourth-order valence-electron chi connectivity index (χ4n) is 1.39. The van der Waals surface area contributed by atoms with Crippen LogP contribution in [0.25, 0.3) is 0 Å². The van der Waals surface area contributed by atoms with Gasteiger partial charge in [0.05, 0.1) is 21.3 Å². The second-order valence-electron chi connectivity index (χ2n) is 3.71. The standard InChI is InChI=1S/C10H14N2O4S/c1-4-17(15,16)10-6-5-8(12(13)14)7-9(10)11(2)3/h5-7H,4H2,1-3H3. The number of anilines is 1. The average molecular weight is 258 g/mol. The first-order valence-corrected chi connectivity index (χ1v) is 6.63. The van der Waals surface area contributed by atoms with Crippen molar-refractivity contribution in [2.45, 2.75) is 11.8 Å². The molecule has 0 saturated heterocycles. The number of sulfone groups is 1. The summed E-state index contributed by atoms with van der Waals surface area (Å²) in [5.74, 6) is -0.0361. The van der Waals surface area contributed by atoms with E-state index in [2.05, 4.69) is 0 Å². The van der Waals surface area contributed by atoms with Crippen LogP contribution >= 0.6 is 0 Å². The lowest BCUT2D eigenvalue weighted by Gasteiger charge is -2.16. The van der Waals surface area contributed by atoms with Crippen LogP contribution in [0.5, 0.6) is 0 Å². The summed E-state index contributed by atoms with van der Waals surface area (Å²) in [6, 6.07) is 3.75. The maximum absolute atomic E-state index is 11.8. The Morgan fingerprint density at radius 1 is 1.35 bits per heavy atom. The minimum atomic E-state index is -3.38. The first kappa shape index (κ1) is 13.4. The van der Waals surface area contributed by atoms with Gasteiger partial charge in [0, 0.05) is 26.2 Å². The normalized spacial score (nSPS) is 11.2. The van der Waals surface area contributed by atoms with Crippen molar-refractivity contribution in [3.63, 3.8) is 0 Å². The van der Waals surface area contributed by atoms with E-state index in [-0.39, 0.29) is 16.3 Å². The third kappa shape index (κ3) is 2.73. The van der Waals surface area contributed by atoms with Crippen molar-refractivity contribution >= 4 is 21.2 Å². The van der Waals surface area contributed by atoms with E-state index in [1.807, 2.05) is 0 Å². The molecule has 0 heterocycles. The highest BCUT2D eigenvalue weighted by Crippen LogP contribution is 2.28. The summed E-state index contributed by atoms with van der Waals surface area (Å²) in [6.07, 6.45) is 0. The molecule has 1 aromatic carbocycles. The molecule has 6 nitrogen and oxygen atoms in total. The van der Waals surface area contributed by atoms with E-state index in [0.717, 1.165) is 0 Å². The number of non-ortho nitro benzene ring substituents is 1. The van der Waals surface area contributed by atoms with Crippen LogP contribution in [0.1, 0.15) is 6.92 Å². The zero-order chi connectivity index (χ0) is 13.2. The number of hydrogen-bond acceptors (Lipinski definition) is 5. The van der Waals surface area contributed by atoms with Crippen molar-refractivity contribution in [3.8, 4) is 0 Å². The van der Waals surface area contributed by atoms with Crippen molar-refractivity contribution in [1.82, 2.24) is 0 Å². The average Bonchev–Trinajstić information content (AvgIpc) is 2.28. The number of benzene rings is 1. The number of nitro benzene ring substituents is 1. The number of rotatable bonds is 4. The van der Waals surface area contributed by atoms with Crippen molar-refractivity contribution in [2.24, 2.45) is 0 Å². The molecule has 1 rings (SSSR count). The van der Waals surface area contributed by atoms with E-state index in [4.69, 9.17) is 0 Å². The van der Waals surface area contributed by atoms with Gasteiger partial charge in [-0.1, -0.05) is 6.92 Å². The predicted octanol–water partition coefficient (Wildman–Crippen LogP) is 1.45. The number of nitro groups is 1. The largest absolute Gasteiger partial charge is 0.376 e. The summed E-state index contributed by atoms with van der Waals surface area (Å²) >= 11 is 0. The van der Waals surface area contributed by atoms with Crippen LogP contribution in [0.4, 0.5) is 11.4 Å². The SMILES string of the molecule is CCS(=O)(=O)c1ccc([N+](=O)[O-])cc1N(C)C. The summed E-state index contributed by atoms with van der Waals surface area (Å²) in [7, 11) is -0.0875. The third-order valence-corrected chi connectivity index (χ3v) is 4.13. The number of nitrogens with zero attached hydrogens (tertiary/aromatic N) is 2. The minimum absolute atomic E-state index is 0.0361. The molecule has 0 spiro atoms. The maximum Gasteiger partial charge on any atom is 0.271 e. The highest BCUT2D eigenvalue weighted by atomic mass is 32.2. The molecule has 0 atom stereocenters. The molecule has 0 amide bonds. The van der Waals surface area contributed by atoms with Crippen LogP contribution < -0.4 is 4.90 Å². The smallest absolute Gasteiger partial charge is 0.271 e. The molecule has 0 aliphatic heterocycles. The lowest BCUT2D eigenvalue weighted by atomic mass is 10.2. The van der Waals surface area contributed by atoms with Gasteiger partial charge in [0.25, 0.3) is 5.69 Å². The van der Waals surface area contributed by atoms with E-state index in [1.165, 1.54) is 25.1 Å². The lowest BCUT2D eigenvalue weighted by molar-refractivity contribution is -0.384. The summed E-state index contributed by atoms with van der Waals surface area (Å²) in [6.45, 7) is 1.54. The van der Waals surface area contributed by atoms with Gasteiger partial charge in [-0.25, -0.2) is 8.42 Å². The van der Waals surface area contributed by atoms with Gasteiger partial charge in [-0.3, -0.25) is 10.1 Å². The Hall–Kier alpha value is -1.63. The highest BCUT2D eigenvalue weighted by molar-refractivity contribution is 7.91. The summed E-state index contributed by atoms with van der Waals surface area (Å²) < 4.78 is 23.6. The van der Waals surface area contributed by atoms with Crippen LogP contribution in [-0.2, 0) is 9.84 Å². The van der Waals surface area contributed by atoms with Crippen LogP contribution in [0, 0.1) is 10.1 Å². The lowest BCUT2D eigenvalue weighted by Crippen LogP contribution is -2.15. The topological polar surface area (TPSA) is 80.5 Å². The fourth-order valence-corrected chi connectivity index (χ4v) is 2.53. The van der Waals surface area contributed by atoms with Gasteiger partial charge in [-0.2, -0.15) is 0 Å². The molecular formula is C10H14N2O4S. The fraction of sp³-hybridized carbons (Fsp3) is 0.400.